The number of hydrogen-bond acceptors (Lipinski definition) is 4. The molecule has 0 saturated heterocycles. The number of nitrogens with one attached hydrogen (secondary N) is 1. The zero-order valence-electron chi connectivity index (χ0n) is 10.5. The van der Waals surface area contributed by atoms with Crippen molar-refractivity contribution in [3.8, 4) is 5.75 Å². The average molecular weight is 297 g/mol. The number of amides is 1. The van der Waals surface area contributed by atoms with Crippen molar-refractivity contribution in [2.75, 3.05) is 11.1 Å². The van der Waals surface area contributed by atoms with E-state index in [0.29, 0.717) is 0 Å². The zero-order valence-corrected chi connectivity index (χ0v) is 10.5. The van der Waals surface area contributed by atoms with Crippen molar-refractivity contribution in [1.82, 2.24) is 4.98 Å². The molecule has 0 spiro atoms. The first-order valence-electron chi connectivity index (χ1n) is 5.73. The van der Waals surface area contributed by atoms with Crippen LogP contribution in [0.5, 0.6) is 5.75 Å². The predicted molar refractivity (Wildman–Crippen MR) is 69.7 cm³/mol. The molecular formula is C13H10F3N3O2. The van der Waals surface area contributed by atoms with Gasteiger partial charge in [0.25, 0.3) is 5.91 Å². The number of ether oxygens (including phenoxy) is 1. The minimum Gasteiger partial charge on any atom is -0.404 e. The number of anilines is 2. The Hall–Kier alpha value is -2.77. The number of alkyl halides is 3. The summed E-state index contributed by atoms with van der Waals surface area (Å²) in [5.41, 5.74) is 5.51. The average Bonchev–Trinajstić information content (AvgIpc) is 2.39. The van der Waals surface area contributed by atoms with E-state index in [9.17, 15) is 18.0 Å². The number of nitrogen functional groups attached to an aromatic ring is 1. The molecule has 1 heterocycles. The van der Waals surface area contributed by atoms with Gasteiger partial charge in [-0.1, -0.05) is 12.1 Å². The van der Waals surface area contributed by atoms with E-state index in [2.05, 4.69) is 15.0 Å². The molecule has 1 aromatic heterocycles. The van der Waals surface area contributed by atoms with Gasteiger partial charge >= 0.3 is 6.36 Å². The molecule has 0 aliphatic carbocycles. The number of benzene rings is 1. The monoisotopic (exact) mass is 297 g/mol. The molecule has 1 amide bonds. The van der Waals surface area contributed by atoms with Crippen molar-refractivity contribution in [3.63, 3.8) is 0 Å². The zero-order chi connectivity index (χ0) is 15.5. The molecule has 0 atom stereocenters. The van der Waals surface area contributed by atoms with E-state index >= 15 is 0 Å². The Morgan fingerprint density at radius 2 is 1.95 bits per heavy atom. The third-order valence-electron chi connectivity index (χ3n) is 2.40. The number of hydrogen-bond donors (Lipinski definition) is 2. The van der Waals surface area contributed by atoms with Gasteiger partial charge < -0.3 is 15.8 Å². The van der Waals surface area contributed by atoms with Crippen LogP contribution in [-0.2, 0) is 0 Å². The number of nitrogens with two attached hydrogens (primary N) is 1. The summed E-state index contributed by atoms with van der Waals surface area (Å²) < 4.78 is 40.7. The largest absolute Gasteiger partial charge is 0.573 e. The predicted octanol–water partition coefficient (Wildman–Crippen LogP) is 2.81. The maximum atomic E-state index is 12.3. The minimum absolute atomic E-state index is 0.102. The van der Waals surface area contributed by atoms with Gasteiger partial charge in [-0.05, 0) is 24.3 Å². The van der Waals surface area contributed by atoms with E-state index in [1.54, 1.807) is 0 Å². The first-order valence-corrected chi connectivity index (χ1v) is 5.73. The molecule has 0 bridgehead atoms. The Kier molecular flexibility index (Phi) is 3.97. The second-order valence-corrected chi connectivity index (χ2v) is 3.97. The lowest BCUT2D eigenvalue weighted by Gasteiger charge is -2.13. The molecule has 0 radical (unpaired) electrons. The van der Waals surface area contributed by atoms with Gasteiger partial charge in [-0.15, -0.1) is 13.2 Å². The lowest BCUT2D eigenvalue weighted by atomic mass is 10.2. The molecule has 0 aliphatic rings. The maximum Gasteiger partial charge on any atom is 0.573 e. The van der Waals surface area contributed by atoms with Gasteiger partial charge in [0, 0.05) is 11.8 Å². The highest BCUT2D eigenvalue weighted by molar-refractivity contribution is 6.05. The molecular weight excluding hydrogens is 287 g/mol. The molecule has 5 nitrogen and oxygen atoms in total. The third kappa shape index (κ3) is 4.10. The van der Waals surface area contributed by atoms with E-state index in [1.807, 2.05) is 0 Å². The molecule has 8 heteroatoms. The smallest absolute Gasteiger partial charge is 0.404 e. The normalized spacial score (nSPS) is 11.0. The fourth-order valence-corrected chi connectivity index (χ4v) is 1.57. The highest BCUT2D eigenvalue weighted by atomic mass is 19.4. The van der Waals surface area contributed by atoms with Crippen molar-refractivity contribution in [2.24, 2.45) is 0 Å². The number of para-hydroxylation sites is 2. The number of aromatic nitrogens is 1. The highest BCUT2D eigenvalue weighted by Gasteiger charge is 2.32. The minimum atomic E-state index is -4.85. The van der Waals surface area contributed by atoms with E-state index in [0.717, 1.165) is 6.07 Å². The van der Waals surface area contributed by atoms with E-state index < -0.39 is 18.0 Å². The number of carbonyl (C=O) groups is 1. The maximum absolute atomic E-state index is 12.3. The van der Waals surface area contributed by atoms with Crippen LogP contribution in [0.1, 0.15) is 10.4 Å². The number of rotatable bonds is 3. The van der Waals surface area contributed by atoms with Gasteiger partial charge in [0.1, 0.15) is 5.82 Å². The summed E-state index contributed by atoms with van der Waals surface area (Å²) >= 11 is 0. The summed E-state index contributed by atoms with van der Waals surface area (Å²) in [6, 6.07) is 7.93. The second kappa shape index (κ2) is 5.70. The van der Waals surface area contributed by atoms with Crippen LogP contribution >= 0.6 is 0 Å². The second-order valence-electron chi connectivity index (χ2n) is 3.97. The van der Waals surface area contributed by atoms with Crippen molar-refractivity contribution < 1.29 is 22.7 Å². The first kappa shape index (κ1) is 14.6. The number of carbonyl (C=O) groups excluding carboxylic acids is 1. The van der Waals surface area contributed by atoms with Crippen LogP contribution in [0.25, 0.3) is 0 Å². The summed E-state index contributed by atoms with van der Waals surface area (Å²) in [5.74, 6) is -0.995. The van der Waals surface area contributed by atoms with Crippen molar-refractivity contribution in [2.45, 2.75) is 6.36 Å². The Balaban J connectivity index is 2.22. The van der Waals surface area contributed by atoms with Gasteiger partial charge in [0.05, 0.1) is 5.69 Å². The molecule has 21 heavy (non-hydrogen) atoms. The molecule has 0 fully saturated rings. The fourth-order valence-electron chi connectivity index (χ4n) is 1.57. The Morgan fingerprint density at radius 3 is 2.62 bits per heavy atom. The van der Waals surface area contributed by atoms with Gasteiger partial charge in [0.15, 0.2) is 5.75 Å². The van der Waals surface area contributed by atoms with Crippen LogP contribution in [0, 0.1) is 0 Å². The highest BCUT2D eigenvalue weighted by Crippen LogP contribution is 2.30. The number of halogens is 3. The lowest BCUT2D eigenvalue weighted by Crippen LogP contribution is -2.19. The van der Waals surface area contributed by atoms with Gasteiger partial charge in [-0.25, -0.2) is 4.98 Å². The summed E-state index contributed by atoms with van der Waals surface area (Å²) in [4.78, 5) is 15.7. The summed E-state index contributed by atoms with van der Waals surface area (Å²) in [6.45, 7) is 0. The third-order valence-corrected chi connectivity index (χ3v) is 2.40. The molecule has 3 N–H and O–H groups in total. The quantitative estimate of drug-likeness (QED) is 0.913. The topological polar surface area (TPSA) is 77.2 Å². The van der Waals surface area contributed by atoms with Crippen LogP contribution in [0.3, 0.4) is 0 Å². The molecule has 110 valence electrons. The van der Waals surface area contributed by atoms with Crippen molar-refractivity contribution in [3.05, 3.63) is 48.2 Å². The molecule has 2 aromatic rings. The van der Waals surface area contributed by atoms with E-state index in [1.165, 1.54) is 36.5 Å². The molecule has 0 saturated carbocycles. The Bertz CT molecular complexity index is 659. The van der Waals surface area contributed by atoms with Crippen LogP contribution < -0.4 is 15.8 Å². The number of nitrogens with zero attached hydrogens (tertiary/aromatic N) is 1. The first-order chi connectivity index (χ1) is 9.85. The number of pyridine rings is 1. The fraction of sp³-hybridized carbons (Fsp3) is 0.0769. The summed E-state index contributed by atoms with van der Waals surface area (Å²) in [7, 11) is 0. The molecule has 0 unspecified atom stereocenters. The summed E-state index contributed by atoms with van der Waals surface area (Å²) in [5, 5.41) is 2.33. The lowest BCUT2D eigenvalue weighted by molar-refractivity contribution is -0.274. The molecule has 0 aliphatic heterocycles. The molecule has 1 aromatic carbocycles. The standard InChI is InChI=1S/C13H10F3N3O2/c14-13(15,16)21-10-4-2-1-3-9(10)19-12(20)8-5-6-18-11(17)7-8/h1-7H,(H2,17,18)(H,19,20). The van der Waals surface area contributed by atoms with Crippen molar-refractivity contribution >= 4 is 17.4 Å². The van der Waals surface area contributed by atoms with Crippen LogP contribution in [0.15, 0.2) is 42.6 Å². The molecule has 2 rings (SSSR count). The Morgan fingerprint density at radius 1 is 1.24 bits per heavy atom. The van der Waals surface area contributed by atoms with Crippen LogP contribution in [-0.4, -0.2) is 17.3 Å². The van der Waals surface area contributed by atoms with Crippen LogP contribution in [0.2, 0.25) is 0 Å². The van der Waals surface area contributed by atoms with Crippen LogP contribution in [0.4, 0.5) is 24.7 Å². The van der Waals surface area contributed by atoms with Crippen molar-refractivity contribution in [1.29, 1.82) is 0 Å². The SMILES string of the molecule is Nc1cc(C(=O)Nc2ccccc2OC(F)(F)F)ccn1. The Labute approximate surface area is 117 Å². The van der Waals surface area contributed by atoms with E-state index in [-0.39, 0.29) is 17.1 Å². The van der Waals surface area contributed by atoms with E-state index in [4.69, 9.17) is 5.73 Å². The van der Waals surface area contributed by atoms with Gasteiger partial charge in [0.2, 0.25) is 0 Å². The van der Waals surface area contributed by atoms with Gasteiger partial charge in [-0.3, -0.25) is 4.79 Å². The van der Waals surface area contributed by atoms with Gasteiger partial charge in [-0.2, -0.15) is 0 Å². The summed E-state index contributed by atoms with van der Waals surface area (Å²) in [6.07, 6.45) is -3.52.